The molecule has 3 aliphatic heterocycles. The van der Waals surface area contributed by atoms with Crippen LogP contribution in [0, 0.1) is 22.7 Å². The van der Waals surface area contributed by atoms with Crippen molar-refractivity contribution in [3.8, 4) is 6.07 Å². The minimum absolute atomic E-state index is 0.0238. The van der Waals surface area contributed by atoms with Crippen molar-refractivity contribution in [2.45, 2.75) is 38.6 Å². The standard InChI is InChI=1S/C22H28N4O4/c1-22(14-23)5-7-24(8-6-22)20(28)17-3-4-18-16-9-15(11-26(18)21(17)29)10-25(12-16)19(27)13-30-2/h3-4,15-16H,5-13H2,1-2H3/t15-,16+/m0/s1. The van der Waals surface area contributed by atoms with E-state index >= 15 is 0 Å². The van der Waals surface area contributed by atoms with Crippen molar-refractivity contribution in [2.24, 2.45) is 11.3 Å². The lowest BCUT2D eigenvalue weighted by atomic mass is 9.81. The summed E-state index contributed by atoms with van der Waals surface area (Å²) in [4.78, 5) is 42.0. The minimum Gasteiger partial charge on any atom is -0.375 e. The smallest absolute Gasteiger partial charge is 0.263 e. The van der Waals surface area contributed by atoms with E-state index in [9.17, 15) is 19.6 Å². The molecular formula is C22H28N4O4. The van der Waals surface area contributed by atoms with Gasteiger partial charge in [-0.05, 0) is 44.2 Å². The zero-order valence-electron chi connectivity index (χ0n) is 17.6. The maximum atomic E-state index is 13.2. The fourth-order valence-electron chi connectivity index (χ4n) is 5.01. The maximum Gasteiger partial charge on any atom is 0.263 e. The summed E-state index contributed by atoms with van der Waals surface area (Å²) in [5, 5.41) is 9.29. The van der Waals surface area contributed by atoms with Crippen LogP contribution in [0.5, 0.6) is 0 Å². The van der Waals surface area contributed by atoms with Gasteiger partial charge in [0.1, 0.15) is 12.2 Å². The van der Waals surface area contributed by atoms with Crippen molar-refractivity contribution in [3.63, 3.8) is 0 Å². The second-order valence-electron chi connectivity index (χ2n) is 9.08. The van der Waals surface area contributed by atoms with E-state index in [1.165, 1.54) is 7.11 Å². The van der Waals surface area contributed by atoms with Crippen molar-refractivity contribution >= 4 is 11.8 Å². The van der Waals surface area contributed by atoms with Crippen LogP contribution in [-0.2, 0) is 16.1 Å². The van der Waals surface area contributed by atoms with Gasteiger partial charge in [0.05, 0.1) is 11.5 Å². The van der Waals surface area contributed by atoms with Crippen molar-refractivity contribution in [1.29, 1.82) is 5.26 Å². The summed E-state index contributed by atoms with van der Waals surface area (Å²) < 4.78 is 6.72. The van der Waals surface area contributed by atoms with Crippen LogP contribution >= 0.6 is 0 Å². The van der Waals surface area contributed by atoms with Gasteiger partial charge < -0.3 is 19.1 Å². The molecule has 0 unspecified atom stereocenters. The number of carbonyl (C=O) groups is 2. The second kappa shape index (κ2) is 7.88. The van der Waals surface area contributed by atoms with Crippen molar-refractivity contribution in [2.75, 3.05) is 39.9 Å². The average Bonchev–Trinajstić information content (AvgIpc) is 2.74. The Balaban J connectivity index is 1.55. The third kappa shape index (κ3) is 3.63. The number of nitriles is 1. The first-order valence-corrected chi connectivity index (χ1v) is 10.6. The molecule has 0 N–H and O–H groups in total. The van der Waals surface area contributed by atoms with E-state index in [1.54, 1.807) is 15.5 Å². The van der Waals surface area contributed by atoms with Gasteiger partial charge in [0, 0.05) is 51.4 Å². The quantitative estimate of drug-likeness (QED) is 0.744. The molecule has 0 saturated carbocycles. The molecule has 0 radical (unpaired) electrons. The number of piperidine rings is 2. The van der Waals surface area contributed by atoms with Gasteiger partial charge >= 0.3 is 0 Å². The van der Waals surface area contributed by atoms with E-state index in [0.717, 1.165) is 12.1 Å². The van der Waals surface area contributed by atoms with Crippen LogP contribution in [0.4, 0.5) is 0 Å². The Bertz CT molecular complexity index is 955. The van der Waals surface area contributed by atoms with E-state index in [4.69, 9.17) is 4.74 Å². The lowest BCUT2D eigenvalue weighted by Crippen LogP contribution is -2.51. The van der Waals surface area contributed by atoms with Crippen LogP contribution in [-0.4, -0.2) is 66.1 Å². The number of likely N-dealkylation sites (tertiary alicyclic amines) is 2. The lowest BCUT2D eigenvalue weighted by Gasteiger charge is -2.43. The fraction of sp³-hybridized carbons (Fsp3) is 0.636. The van der Waals surface area contributed by atoms with Crippen molar-refractivity contribution in [1.82, 2.24) is 14.4 Å². The fourth-order valence-corrected chi connectivity index (χ4v) is 5.01. The molecular weight excluding hydrogens is 384 g/mol. The van der Waals surface area contributed by atoms with E-state index in [2.05, 4.69) is 6.07 Å². The summed E-state index contributed by atoms with van der Waals surface area (Å²) in [5.74, 6) is 0.0279. The van der Waals surface area contributed by atoms with Crippen LogP contribution in [0.2, 0.25) is 0 Å². The lowest BCUT2D eigenvalue weighted by molar-refractivity contribution is -0.137. The topological polar surface area (TPSA) is 95.6 Å². The molecule has 2 saturated heterocycles. The van der Waals surface area contributed by atoms with Crippen molar-refractivity contribution in [3.05, 3.63) is 33.7 Å². The second-order valence-corrected chi connectivity index (χ2v) is 9.08. The number of nitrogens with zero attached hydrogens (tertiary/aromatic N) is 4. The molecule has 2 bridgehead atoms. The molecule has 3 aliphatic rings. The van der Waals surface area contributed by atoms with Gasteiger partial charge in [-0.25, -0.2) is 0 Å². The minimum atomic E-state index is -0.398. The molecule has 4 rings (SSSR count). The first-order chi connectivity index (χ1) is 14.3. The molecule has 4 heterocycles. The number of amides is 2. The molecule has 160 valence electrons. The van der Waals surface area contributed by atoms with E-state index in [-0.39, 0.29) is 41.4 Å². The predicted molar refractivity (Wildman–Crippen MR) is 109 cm³/mol. The normalized spacial score (nSPS) is 24.7. The van der Waals surface area contributed by atoms with Gasteiger partial charge in [0.2, 0.25) is 5.91 Å². The molecule has 8 heteroatoms. The first-order valence-electron chi connectivity index (χ1n) is 10.6. The molecule has 1 aromatic rings. The van der Waals surface area contributed by atoms with E-state index in [0.29, 0.717) is 45.6 Å². The summed E-state index contributed by atoms with van der Waals surface area (Å²) in [6.07, 6.45) is 2.19. The Morgan fingerprint density at radius 3 is 2.60 bits per heavy atom. The maximum absolute atomic E-state index is 13.2. The highest BCUT2D eigenvalue weighted by Gasteiger charge is 2.38. The van der Waals surface area contributed by atoms with Crippen LogP contribution in [0.1, 0.15) is 48.2 Å². The Morgan fingerprint density at radius 2 is 1.93 bits per heavy atom. The monoisotopic (exact) mass is 412 g/mol. The summed E-state index contributed by atoms with van der Waals surface area (Å²) in [6, 6.07) is 5.86. The molecule has 8 nitrogen and oxygen atoms in total. The third-order valence-corrected chi connectivity index (χ3v) is 6.88. The third-order valence-electron chi connectivity index (χ3n) is 6.88. The van der Waals surface area contributed by atoms with E-state index in [1.807, 2.05) is 17.9 Å². The first kappa shape index (κ1) is 20.6. The molecule has 30 heavy (non-hydrogen) atoms. The van der Waals surface area contributed by atoms with Gasteiger partial charge in [0.15, 0.2) is 0 Å². The van der Waals surface area contributed by atoms with Gasteiger partial charge in [0.25, 0.3) is 11.5 Å². The highest BCUT2D eigenvalue weighted by Crippen LogP contribution is 2.35. The van der Waals surface area contributed by atoms with Crippen molar-refractivity contribution < 1.29 is 14.3 Å². The van der Waals surface area contributed by atoms with Gasteiger partial charge in [-0.2, -0.15) is 5.26 Å². The summed E-state index contributed by atoms with van der Waals surface area (Å²) in [7, 11) is 1.51. The summed E-state index contributed by atoms with van der Waals surface area (Å²) >= 11 is 0. The number of ether oxygens (including phenoxy) is 1. The Labute approximate surface area is 176 Å². The molecule has 0 spiro atoms. The Morgan fingerprint density at radius 1 is 1.20 bits per heavy atom. The number of rotatable bonds is 3. The molecule has 0 aromatic carbocycles. The molecule has 2 atom stereocenters. The van der Waals surface area contributed by atoms with Crippen LogP contribution in [0.3, 0.4) is 0 Å². The average molecular weight is 412 g/mol. The molecule has 1 aromatic heterocycles. The van der Waals surface area contributed by atoms with Crippen LogP contribution in [0.15, 0.2) is 16.9 Å². The molecule has 2 fully saturated rings. The largest absolute Gasteiger partial charge is 0.375 e. The van der Waals surface area contributed by atoms with E-state index < -0.39 is 5.41 Å². The number of carbonyl (C=O) groups excluding carboxylic acids is 2. The van der Waals surface area contributed by atoms with Crippen LogP contribution in [0.25, 0.3) is 0 Å². The van der Waals surface area contributed by atoms with Gasteiger partial charge in [-0.15, -0.1) is 0 Å². The highest BCUT2D eigenvalue weighted by molar-refractivity contribution is 5.94. The SMILES string of the molecule is COCC(=O)N1C[C@@H]2C[C@H](C1)c1ccc(C(=O)N3CCC(C)(C#N)CC3)c(=O)n1C2. The number of hydrogen-bond acceptors (Lipinski definition) is 5. The summed E-state index contributed by atoms with van der Waals surface area (Å²) in [6.45, 7) is 4.68. The number of fused-ring (bicyclic) bond motifs is 4. The zero-order chi connectivity index (χ0) is 21.5. The summed E-state index contributed by atoms with van der Waals surface area (Å²) in [5.41, 5.74) is 0.466. The highest BCUT2D eigenvalue weighted by atomic mass is 16.5. The molecule has 2 amide bonds. The molecule has 0 aliphatic carbocycles. The zero-order valence-corrected chi connectivity index (χ0v) is 17.6. The van der Waals surface area contributed by atoms with Crippen LogP contribution < -0.4 is 5.56 Å². The number of pyridine rings is 1. The van der Waals surface area contributed by atoms with Gasteiger partial charge in [-0.3, -0.25) is 14.4 Å². The van der Waals surface area contributed by atoms with Gasteiger partial charge in [-0.1, -0.05) is 0 Å². The number of aromatic nitrogens is 1. The number of hydrogen-bond donors (Lipinski definition) is 0. The predicted octanol–water partition coefficient (Wildman–Crippen LogP) is 1.21. The Hall–Kier alpha value is -2.66. The number of methoxy groups -OCH3 is 1. The Kier molecular flexibility index (Phi) is 5.41.